The lowest BCUT2D eigenvalue weighted by Crippen LogP contribution is -2.41. The highest BCUT2D eigenvalue weighted by Gasteiger charge is 2.10. The van der Waals surface area contributed by atoms with Crippen LogP contribution in [-0.4, -0.2) is 48.1 Å². The largest absolute Gasteiger partial charge is 0.388 e. The minimum atomic E-state index is -0.528. The molecule has 27 heavy (non-hydrogen) atoms. The molecule has 8 heteroatoms. The predicted molar refractivity (Wildman–Crippen MR) is 109 cm³/mol. The lowest BCUT2D eigenvalue weighted by atomic mass is 10.1. The fourth-order valence-electron chi connectivity index (χ4n) is 2.44. The van der Waals surface area contributed by atoms with Crippen LogP contribution >= 0.6 is 11.3 Å². The fourth-order valence-corrected chi connectivity index (χ4v) is 3.16. The van der Waals surface area contributed by atoms with E-state index in [2.05, 4.69) is 25.9 Å². The summed E-state index contributed by atoms with van der Waals surface area (Å²) in [5, 5.41) is 19.4. The van der Waals surface area contributed by atoms with Gasteiger partial charge in [-0.15, -0.1) is 11.3 Å². The summed E-state index contributed by atoms with van der Waals surface area (Å²) in [7, 11) is 0. The van der Waals surface area contributed by atoms with E-state index in [1.54, 1.807) is 5.51 Å². The molecule has 1 unspecified atom stereocenters. The topological polar surface area (TPSA) is 98.6 Å². The van der Waals surface area contributed by atoms with Gasteiger partial charge in [-0.1, -0.05) is 30.3 Å². The summed E-state index contributed by atoms with van der Waals surface area (Å²) in [5.41, 5.74) is 3.31. The van der Waals surface area contributed by atoms with Gasteiger partial charge in [-0.2, -0.15) is 0 Å². The molecule has 1 aromatic carbocycles. The van der Waals surface area contributed by atoms with Gasteiger partial charge < -0.3 is 21.1 Å². The molecule has 0 saturated heterocycles. The van der Waals surface area contributed by atoms with Crippen LogP contribution in [0.1, 0.15) is 40.4 Å². The van der Waals surface area contributed by atoms with Crippen LogP contribution in [0.3, 0.4) is 0 Å². The van der Waals surface area contributed by atoms with Crippen molar-refractivity contribution in [2.75, 3.05) is 26.2 Å². The van der Waals surface area contributed by atoms with Crippen LogP contribution in [0.25, 0.3) is 0 Å². The van der Waals surface area contributed by atoms with Gasteiger partial charge in [0.15, 0.2) is 5.96 Å². The third-order valence-electron chi connectivity index (χ3n) is 3.86. The quantitative estimate of drug-likeness (QED) is 0.298. The minimum absolute atomic E-state index is 0.107. The van der Waals surface area contributed by atoms with Crippen molar-refractivity contribution in [3.05, 3.63) is 52.0 Å². The number of carbonyl (C=O) groups is 1. The normalized spacial score (nSPS) is 12.5. The van der Waals surface area contributed by atoms with Gasteiger partial charge in [-0.3, -0.25) is 9.79 Å². The summed E-state index contributed by atoms with van der Waals surface area (Å²) in [6.07, 6.45) is 0.0156. The maximum absolute atomic E-state index is 12.0. The number of amides is 1. The van der Waals surface area contributed by atoms with Crippen molar-refractivity contribution in [3.63, 3.8) is 0 Å². The molecule has 2 rings (SSSR count). The molecule has 1 amide bonds. The average Bonchev–Trinajstić information content (AvgIpc) is 3.11. The molecule has 4 N–H and O–H groups in total. The maximum atomic E-state index is 12.0. The van der Waals surface area contributed by atoms with Crippen LogP contribution in [0.4, 0.5) is 0 Å². The number of thiazole rings is 1. The van der Waals surface area contributed by atoms with E-state index < -0.39 is 6.10 Å². The number of aliphatic hydroxyl groups is 1. The summed E-state index contributed by atoms with van der Waals surface area (Å²) >= 11 is 1.34. The highest BCUT2D eigenvalue weighted by Crippen LogP contribution is 2.15. The number of nitrogens with one attached hydrogen (secondary N) is 3. The van der Waals surface area contributed by atoms with Crippen molar-refractivity contribution < 1.29 is 9.90 Å². The Kier molecular flexibility index (Phi) is 8.73. The van der Waals surface area contributed by atoms with E-state index in [4.69, 9.17) is 0 Å². The van der Waals surface area contributed by atoms with Crippen molar-refractivity contribution in [1.82, 2.24) is 20.9 Å². The summed E-state index contributed by atoms with van der Waals surface area (Å²) in [6.45, 7) is 6.08. The van der Waals surface area contributed by atoms with Gasteiger partial charge in [-0.25, -0.2) is 4.98 Å². The highest BCUT2D eigenvalue weighted by atomic mass is 32.1. The molecule has 0 fully saturated rings. The highest BCUT2D eigenvalue weighted by molar-refractivity contribution is 7.11. The van der Waals surface area contributed by atoms with E-state index in [9.17, 15) is 9.90 Å². The zero-order valence-electron chi connectivity index (χ0n) is 15.7. The number of aryl methyl sites for hydroxylation is 1. The summed E-state index contributed by atoms with van der Waals surface area (Å²) in [5.74, 6) is 0.561. The Balaban J connectivity index is 1.73. The molecule has 2 aromatic rings. The molecule has 0 aliphatic heterocycles. The van der Waals surface area contributed by atoms with Gasteiger partial charge in [0.05, 0.1) is 17.3 Å². The smallest absolute Gasteiger partial charge is 0.263 e. The molecule has 7 nitrogen and oxygen atoms in total. The summed E-state index contributed by atoms with van der Waals surface area (Å²) in [4.78, 5) is 21.2. The molecule has 1 atom stereocenters. The number of aromatic nitrogens is 1. The Hall–Kier alpha value is -2.45. The first-order chi connectivity index (χ1) is 13.1. The molecule has 0 saturated carbocycles. The molecule has 0 radical (unpaired) electrons. The predicted octanol–water partition coefficient (Wildman–Crippen LogP) is 1.86. The van der Waals surface area contributed by atoms with Crippen molar-refractivity contribution >= 4 is 23.2 Å². The van der Waals surface area contributed by atoms with E-state index in [1.807, 2.05) is 44.2 Å². The number of guanidine groups is 1. The average molecular weight is 390 g/mol. The van der Waals surface area contributed by atoms with Crippen molar-refractivity contribution in [2.45, 2.75) is 26.4 Å². The van der Waals surface area contributed by atoms with Gasteiger partial charge in [0.25, 0.3) is 5.91 Å². The second-order valence-electron chi connectivity index (χ2n) is 5.93. The van der Waals surface area contributed by atoms with Crippen molar-refractivity contribution in [2.24, 2.45) is 4.99 Å². The van der Waals surface area contributed by atoms with E-state index in [0.717, 1.165) is 17.8 Å². The molecule has 0 aliphatic rings. The van der Waals surface area contributed by atoms with Crippen LogP contribution in [0, 0.1) is 6.92 Å². The standard InChI is InChI=1S/C19H27N5O2S/c1-3-20-19(22-10-9-16(25)15-7-5-4-6-8-15)23-12-11-21-18(26)17-14(2)24-13-27-17/h4-8,13,16,25H,3,9-12H2,1-2H3,(H,21,26)(H2,20,22,23). The molecule has 0 spiro atoms. The first-order valence-electron chi connectivity index (χ1n) is 9.05. The number of rotatable bonds is 9. The van der Waals surface area contributed by atoms with E-state index in [1.165, 1.54) is 11.3 Å². The van der Waals surface area contributed by atoms with Crippen molar-refractivity contribution in [3.8, 4) is 0 Å². The fraction of sp³-hybridized carbons (Fsp3) is 0.421. The second kappa shape index (κ2) is 11.3. The molecule has 0 aliphatic carbocycles. The SMILES string of the molecule is CCNC(=NCCC(O)c1ccccc1)NCCNC(=O)c1scnc1C. The van der Waals surface area contributed by atoms with E-state index in [-0.39, 0.29) is 5.91 Å². The Morgan fingerprint density at radius 3 is 2.63 bits per heavy atom. The van der Waals surface area contributed by atoms with Crippen LogP contribution in [-0.2, 0) is 0 Å². The second-order valence-corrected chi connectivity index (χ2v) is 6.78. The molecular weight excluding hydrogens is 362 g/mol. The van der Waals surface area contributed by atoms with Gasteiger partial charge >= 0.3 is 0 Å². The zero-order chi connectivity index (χ0) is 19.5. The van der Waals surface area contributed by atoms with Crippen molar-refractivity contribution in [1.29, 1.82) is 0 Å². The van der Waals surface area contributed by atoms with Gasteiger partial charge in [-0.05, 0) is 25.8 Å². The van der Waals surface area contributed by atoms with Gasteiger partial charge in [0, 0.05) is 26.2 Å². The lowest BCUT2D eigenvalue weighted by Gasteiger charge is -2.13. The molecule has 1 heterocycles. The Morgan fingerprint density at radius 2 is 1.96 bits per heavy atom. The minimum Gasteiger partial charge on any atom is -0.388 e. The molecule has 0 bridgehead atoms. The Morgan fingerprint density at radius 1 is 1.22 bits per heavy atom. The molecule has 1 aromatic heterocycles. The number of nitrogens with zero attached hydrogens (tertiary/aromatic N) is 2. The van der Waals surface area contributed by atoms with E-state index >= 15 is 0 Å². The van der Waals surface area contributed by atoms with Crippen LogP contribution < -0.4 is 16.0 Å². The number of benzene rings is 1. The summed E-state index contributed by atoms with van der Waals surface area (Å²) < 4.78 is 0. The van der Waals surface area contributed by atoms with Gasteiger partial charge in [0.2, 0.25) is 0 Å². The number of aliphatic hydroxyl groups excluding tert-OH is 1. The number of hydrogen-bond donors (Lipinski definition) is 4. The van der Waals surface area contributed by atoms with E-state index in [0.29, 0.717) is 36.9 Å². The summed E-state index contributed by atoms with van der Waals surface area (Å²) in [6, 6.07) is 9.57. The number of carbonyl (C=O) groups excluding carboxylic acids is 1. The molecule has 146 valence electrons. The number of hydrogen-bond acceptors (Lipinski definition) is 5. The lowest BCUT2D eigenvalue weighted by molar-refractivity contribution is 0.0957. The first-order valence-corrected chi connectivity index (χ1v) is 9.93. The van der Waals surface area contributed by atoms with Crippen LogP contribution in [0.15, 0.2) is 40.8 Å². The van der Waals surface area contributed by atoms with Crippen LogP contribution in [0.2, 0.25) is 0 Å². The van der Waals surface area contributed by atoms with Gasteiger partial charge in [0.1, 0.15) is 4.88 Å². The first kappa shape index (κ1) is 20.9. The third-order valence-corrected chi connectivity index (χ3v) is 4.78. The monoisotopic (exact) mass is 389 g/mol. The molecular formula is C19H27N5O2S. The van der Waals surface area contributed by atoms with Crippen LogP contribution in [0.5, 0.6) is 0 Å². The third kappa shape index (κ3) is 6.99. The maximum Gasteiger partial charge on any atom is 0.263 e. The zero-order valence-corrected chi connectivity index (χ0v) is 16.6. The Labute approximate surface area is 163 Å². The Bertz CT molecular complexity index is 733. The number of aliphatic imine (C=N–C) groups is 1.